The minimum absolute atomic E-state index is 0.367. The lowest BCUT2D eigenvalue weighted by Gasteiger charge is -2.06. The average molecular weight is 268 g/mol. The fraction of sp³-hybridized carbons (Fsp3) is 0. The van der Waals surface area contributed by atoms with Crippen molar-refractivity contribution in [3.8, 4) is 5.75 Å². The lowest BCUT2D eigenvalue weighted by molar-refractivity contribution is 0.426. The number of hydrogen-bond donors (Lipinski definition) is 3. The van der Waals surface area contributed by atoms with Crippen molar-refractivity contribution in [1.29, 1.82) is 0 Å². The highest BCUT2D eigenvalue weighted by atomic mass is 16.5. The molecule has 6 nitrogen and oxygen atoms in total. The third kappa shape index (κ3) is 2.32. The number of rotatable bonds is 3. The predicted octanol–water partition coefficient (Wildman–Crippen LogP) is -0.900. The van der Waals surface area contributed by atoms with Crippen LogP contribution in [0.3, 0.4) is 0 Å². The zero-order valence-electron chi connectivity index (χ0n) is 10.4. The van der Waals surface area contributed by atoms with Crippen LogP contribution in [0.25, 0.3) is 22.1 Å². The van der Waals surface area contributed by atoms with E-state index in [1.807, 2.05) is 0 Å². The van der Waals surface area contributed by atoms with Gasteiger partial charge in [0.25, 0.3) is 0 Å². The quantitative estimate of drug-likeness (QED) is 0.421. The van der Waals surface area contributed by atoms with Gasteiger partial charge in [0.2, 0.25) is 0 Å². The van der Waals surface area contributed by atoms with Crippen LogP contribution in [-0.2, 0) is 0 Å². The molecule has 0 unspecified atom stereocenters. The van der Waals surface area contributed by atoms with Gasteiger partial charge in [0, 0.05) is 6.07 Å². The monoisotopic (exact) mass is 268 g/mol. The number of hydrogen-bond acceptors (Lipinski definition) is 6. The fourth-order valence-corrected chi connectivity index (χ4v) is 2.00. The lowest BCUT2D eigenvalue weighted by atomic mass is 9.80. The zero-order valence-corrected chi connectivity index (χ0v) is 10.4. The Kier molecular flexibility index (Phi) is 3.27. The van der Waals surface area contributed by atoms with Gasteiger partial charge in [-0.25, -0.2) is 9.97 Å². The van der Waals surface area contributed by atoms with Gasteiger partial charge in [-0.15, -0.1) is 0 Å². The van der Waals surface area contributed by atoms with Crippen molar-refractivity contribution in [2.45, 2.75) is 0 Å². The molecule has 1 aromatic heterocycles. The molecule has 0 aliphatic carbocycles. The molecule has 0 bridgehead atoms. The molecule has 0 spiro atoms. The predicted molar refractivity (Wildman–Crippen MR) is 76.9 cm³/mol. The van der Waals surface area contributed by atoms with Crippen molar-refractivity contribution in [2.75, 3.05) is 0 Å². The zero-order chi connectivity index (χ0) is 14.1. The van der Waals surface area contributed by atoms with Gasteiger partial charge in [0.05, 0.1) is 22.1 Å². The molecule has 3 aromatic rings. The van der Waals surface area contributed by atoms with Gasteiger partial charge in [-0.05, 0) is 29.7 Å². The van der Waals surface area contributed by atoms with Crippen LogP contribution in [0.5, 0.6) is 5.75 Å². The maximum Gasteiger partial charge on any atom is 0.504 e. The Balaban J connectivity index is 2.17. The Hall–Kier alpha value is -2.15. The van der Waals surface area contributed by atoms with Crippen LogP contribution in [0, 0.1) is 0 Å². The van der Waals surface area contributed by atoms with Gasteiger partial charge < -0.3 is 19.7 Å². The Morgan fingerprint density at radius 3 is 2.20 bits per heavy atom. The topological polar surface area (TPSA) is 95.7 Å². The highest BCUT2D eigenvalue weighted by molar-refractivity contribution is 6.58. The second-order valence-electron chi connectivity index (χ2n) is 4.27. The number of nitrogens with zero attached hydrogens (tertiary/aromatic N) is 2. The van der Waals surface area contributed by atoms with E-state index in [2.05, 4.69) is 9.97 Å². The van der Waals surface area contributed by atoms with E-state index in [-0.39, 0.29) is 0 Å². The highest BCUT2D eigenvalue weighted by Gasteiger charge is 2.12. The van der Waals surface area contributed by atoms with Crippen LogP contribution in [0.15, 0.2) is 36.4 Å². The fourth-order valence-electron chi connectivity index (χ4n) is 2.00. The van der Waals surface area contributed by atoms with E-state index in [1.54, 1.807) is 36.4 Å². The first-order valence-electron chi connectivity index (χ1n) is 5.98. The minimum atomic E-state index is -1.53. The summed E-state index contributed by atoms with van der Waals surface area (Å²) in [5.41, 5.74) is 2.89. The van der Waals surface area contributed by atoms with Crippen LogP contribution >= 0.6 is 0 Å². The van der Waals surface area contributed by atoms with E-state index >= 15 is 0 Å². The molecule has 8 heteroatoms. The van der Waals surface area contributed by atoms with Gasteiger partial charge in [0.15, 0.2) is 0 Å². The molecule has 2 aromatic carbocycles. The first-order chi connectivity index (χ1) is 9.67. The molecule has 0 radical (unpaired) electrons. The molecule has 0 aliphatic rings. The SMILES string of the molecule is OBOc1ccc2nc3cc(B(O)O)ccc3nc2c1. The summed E-state index contributed by atoms with van der Waals surface area (Å²) in [4.78, 5) is 8.85. The van der Waals surface area contributed by atoms with Crippen LogP contribution in [0.2, 0.25) is 0 Å². The molecule has 0 aliphatic heterocycles. The second-order valence-corrected chi connectivity index (χ2v) is 4.27. The van der Waals surface area contributed by atoms with Crippen LogP contribution < -0.4 is 10.1 Å². The van der Waals surface area contributed by atoms with E-state index in [0.717, 1.165) is 0 Å². The third-order valence-corrected chi connectivity index (χ3v) is 2.96. The maximum atomic E-state index is 9.16. The van der Waals surface area contributed by atoms with Gasteiger partial charge in [-0.2, -0.15) is 0 Å². The standard InChI is InChI=1S/C12H10B2N2O4/c17-13-20-8-2-4-10-12(6-8)16-9-3-1-7(14(18)19)5-11(9)15-10/h1-6,13,17-19H. The van der Waals surface area contributed by atoms with E-state index in [4.69, 9.17) is 19.7 Å². The molecule has 98 valence electrons. The Labute approximate surface area is 115 Å². The van der Waals surface area contributed by atoms with Gasteiger partial charge in [-0.1, -0.05) is 6.07 Å². The van der Waals surface area contributed by atoms with Crippen LogP contribution in [0.1, 0.15) is 0 Å². The summed E-state index contributed by atoms with van der Waals surface area (Å²) in [7, 11) is -1.93. The summed E-state index contributed by atoms with van der Waals surface area (Å²) in [5, 5.41) is 27.1. The number of benzene rings is 2. The van der Waals surface area contributed by atoms with E-state index < -0.39 is 14.8 Å². The Bertz CT molecular complexity index is 782. The van der Waals surface area contributed by atoms with E-state index in [1.165, 1.54) is 0 Å². The van der Waals surface area contributed by atoms with Crippen molar-refractivity contribution < 1.29 is 19.7 Å². The summed E-state index contributed by atoms with van der Waals surface area (Å²) in [6, 6.07) is 9.95. The molecule has 20 heavy (non-hydrogen) atoms. The molecule has 0 fully saturated rings. The van der Waals surface area contributed by atoms with Crippen LogP contribution in [-0.4, -0.2) is 39.8 Å². The minimum Gasteiger partial charge on any atom is -0.539 e. The lowest BCUT2D eigenvalue weighted by Crippen LogP contribution is -2.29. The maximum absolute atomic E-state index is 9.16. The van der Waals surface area contributed by atoms with E-state index in [9.17, 15) is 0 Å². The molecule has 3 N–H and O–H groups in total. The smallest absolute Gasteiger partial charge is 0.504 e. The van der Waals surface area contributed by atoms with Crippen molar-refractivity contribution in [2.24, 2.45) is 0 Å². The first-order valence-corrected chi connectivity index (χ1v) is 5.98. The molecule has 0 saturated carbocycles. The van der Waals surface area contributed by atoms with Gasteiger partial charge in [0.1, 0.15) is 5.75 Å². The molecular weight excluding hydrogens is 258 g/mol. The van der Waals surface area contributed by atoms with Crippen molar-refractivity contribution >= 4 is 42.3 Å². The van der Waals surface area contributed by atoms with Gasteiger partial charge >= 0.3 is 14.8 Å². The van der Waals surface area contributed by atoms with Crippen molar-refractivity contribution in [1.82, 2.24) is 9.97 Å². The molecular formula is C12H10B2N2O4. The highest BCUT2D eigenvalue weighted by Crippen LogP contribution is 2.20. The summed E-state index contributed by atoms with van der Waals surface area (Å²) in [6.45, 7) is 0. The van der Waals surface area contributed by atoms with Crippen molar-refractivity contribution in [3.05, 3.63) is 36.4 Å². The van der Waals surface area contributed by atoms with Gasteiger partial charge in [-0.3, -0.25) is 0 Å². The second kappa shape index (κ2) is 5.09. The largest absolute Gasteiger partial charge is 0.539 e. The molecule has 0 atom stereocenters. The normalized spacial score (nSPS) is 10.8. The average Bonchev–Trinajstić information content (AvgIpc) is 2.44. The summed E-state index contributed by atoms with van der Waals surface area (Å²) in [6.07, 6.45) is 0. The van der Waals surface area contributed by atoms with E-state index in [0.29, 0.717) is 33.3 Å². The van der Waals surface area contributed by atoms with Crippen LogP contribution in [0.4, 0.5) is 0 Å². The number of aromatic nitrogens is 2. The molecule has 3 rings (SSSR count). The first kappa shape index (κ1) is 12.9. The van der Waals surface area contributed by atoms with Crippen molar-refractivity contribution in [3.63, 3.8) is 0 Å². The molecule has 1 heterocycles. The molecule has 0 amide bonds. The summed E-state index contributed by atoms with van der Waals surface area (Å²) >= 11 is 0. The summed E-state index contributed by atoms with van der Waals surface area (Å²) in [5.74, 6) is 0.510. The summed E-state index contributed by atoms with van der Waals surface area (Å²) < 4.78 is 5.00. The Morgan fingerprint density at radius 2 is 1.55 bits per heavy atom. The number of fused-ring (bicyclic) bond motifs is 2. The third-order valence-electron chi connectivity index (χ3n) is 2.96. The Morgan fingerprint density at radius 1 is 0.900 bits per heavy atom. The molecule has 0 saturated heterocycles.